The fourth-order valence-corrected chi connectivity index (χ4v) is 4.87. The van der Waals surface area contributed by atoms with Gasteiger partial charge in [-0.15, -0.1) is 0 Å². The van der Waals surface area contributed by atoms with Crippen LogP contribution < -0.4 is 15.4 Å². The van der Waals surface area contributed by atoms with Crippen molar-refractivity contribution in [2.24, 2.45) is 17.6 Å². The molecule has 3 rings (SSSR count). The minimum Gasteiger partial charge on any atom is -0.496 e. The van der Waals surface area contributed by atoms with Crippen LogP contribution in [0.2, 0.25) is 10.0 Å². The van der Waals surface area contributed by atoms with E-state index < -0.39 is 0 Å². The Hall–Kier alpha value is -1.95. The van der Waals surface area contributed by atoms with Crippen molar-refractivity contribution >= 4 is 34.8 Å². The topological polar surface area (TPSA) is 58.8 Å². The number of methoxy groups -OCH3 is 1. The second-order valence-electron chi connectivity index (χ2n) is 9.31. The van der Waals surface area contributed by atoms with Gasteiger partial charge in [0.25, 0.3) is 0 Å². The van der Waals surface area contributed by atoms with Crippen LogP contribution in [0.3, 0.4) is 0 Å². The molecule has 1 unspecified atom stereocenters. The number of piperazine rings is 1. The van der Waals surface area contributed by atoms with Crippen molar-refractivity contribution in [1.29, 1.82) is 0 Å². The van der Waals surface area contributed by atoms with Crippen LogP contribution >= 0.6 is 23.2 Å². The van der Waals surface area contributed by atoms with Gasteiger partial charge in [-0.2, -0.15) is 0 Å². The lowest BCUT2D eigenvalue weighted by molar-refractivity contribution is -0.135. The van der Waals surface area contributed by atoms with E-state index in [4.69, 9.17) is 33.7 Å². The van der Waals surface area contributed by atoms with E-state index in [1.165, 1.54) is 0 Å². The second-order valence-corrected chi connectivity index (χ2v) is 10.2. The third-order valence-corrected chi connectivity index (χ3v) is 6.71. The predicted octanol–water partition coefficient (Wildman–Crippen LogP) is 5.58. The Labute approximate surface area is 207 Å². The molecule has 1 aliphatic heterocycles. The third-order valence-electron chi connectivity index (χ3n) is 6.24. The number of amides is 1. The number of nitrogens with two attached hydrogens (primary N) is 1. The molecular weight excluding hydrogens is 457 g/mol. The number of ether oxygens (including phenoxy) is 1. The van der Waals surface area contributed by atoms with Gasteiger partial charge in [-0.1, -0.05) is 50.0 Å². The summed E-state index contributed by atoms with van der Waals surface area (Å²) in [4.78, 5) is 17.4. The van der Waals surface area contributed by atoms with Gasteiger partial charge in [-0.3, -0.25) is 4.79 Å². The van der Waals surface area contributed by atoms with Crippen LogP contribution in [0, 0.1) is 11.8 Å². The summed E-state index contributed by atoms with van der Waals surface area (Å²) in [6.07, 6.45) is 1.52. The van der Waals surface area contributed by atoms with Gasteiger partial charge in [0.05, 0.1) is 7.11 Å². The van der Waals surface area contributed by atoms with Crippen LogP contribution in [0.5, 0.6) is 5.75 Å². The highest BCUT2D eigenvalue weighted by Gasteiger charge is 2.27. The standard InChI is InChI=1S/C26H35Cl2N3O2/c1-17(2)13-23(29)22-15-20(27)7-8-24(22)30-9-11-31(12-10-30)26(32)18(3)14-19-5-6-21(28)16-25(19)33-4/h5-8,15-18,23H,9-14,29H2,1-4H3/t18?,23-/m0/s1. The summed E-state index contributed by atoms with van der Waals surface area (Å²) in [6.45, 7) is 9.23. The van der Waals surface area contributed by atoms with Gasteiger partial charge in [-0.05, 0) is 60.2 Å². The molecule has 0 radical (unpaired) electrons. The number of carbonyl (C=O) groups excluding carboxylic acids is 1. The number of carbonyl (C=O) groups is 1. The maximum absolute atomic E-state index is 13.2. The molecule has 2 aromatic rings. The Morgan fingerprint density at radius 2 is 1.67 bits per heavy atom. The molecule has 180 valence electrons. The summed E-state index contributed by atoms with van der Waals surface area (Å²) < 4.78 is 5.44. The smallest absolute Gasteiger partial charge is 0.225 e. The molecule has 0 aromatic heterocycles. The lowest BCUT2D eigenvalue weighted by Crippen LogP contribution is -2.50. The van der Waals surface area contributed by atoms with Gasteiger partial charge in [0.15, 0.2) is 0 Å². The molecule has 0 bridgehead atoms. The molecule has 1 saturated heterocycles. The number of anilines is 1. The molecule has 1 fully saturated rings. The van der Waals surface area contributed by atoms with Gasteiger partial charge >= 0.3 is 0 Å². The van der Waals surface area contributed by atoms with Crippen molar-refractivity contribution in [2.75, 3.05) is 38.2 Å². The first-order chi connectivity index (χ1) is 15.7. The Kier molecular flexibility index (Phi) is 8.91. The minimum atomic E-state index is -0.141. The SMILES string of the molecule is COc1cc(Cl)ccc1CC(C)C(=O)N1CCN(c2ccc(Cl)cc2[C@@H](N)CC(C)C)CC1. The Bertz CT molecular complexity index is 959. The molecule has 5 nitrogen and oxygen atoms in total. The van der Waals surface area contributed by atoms with E-state index in [0.717, 1.165) is 42.1 Å². The fourth-order valence-electron chi connectivity index (χ4n) is 4.53. The van der Waals surface area contributed by atoms with Gasteiger partial charge in [0.2, 0.25) is 5.91 Å². The predicted molar refractivity (Wildman–Crippen MR) is 138 cm³/mol. The third kappa shape index (κ3) is 6.56. The highest BCUT2D eigenvalue weighted by Crippen LogP contribution is 2.32. The van der Waals surface area contributed by atoms with Crippen LogP contribution in [0.1, 0.15) is 44.4 Å². The quantitative estimate of drug-likeness (QED) is 0.523. The first-order valence-electron chi connectivity index (χ1n) is 11.6. The number of rotatable bonds is 8. The molecule has 0 saturated carbocycles. The molecule has 0 spiro atoms. The molecule has 0 aliphatic carbocycles. The lowest BCUT2D eigenvalue weighted by Gasteiger charge is -2.38. The summed E-state index contributed by atoms with van der Waals surface area (Å²) in [5.41, 5.74) is 9.72. The Morgan fingerprint density at radius 3 is 2.30 bits per heavy atom. The van der Waals surface area contributed by atoms with E-state index in [1.54, 1.807) is 13.2 Å². The summed E-state index contributed by atoms with van der Waals surface area (Å²) in [7, 11) is 1.62. The normalized spacial score (nSPS) is 16.1. The summed E-state index contributed by atoms with van der Waals surface area (Å²) >= 11 is 12.4. The van der Waals surface area contributed by atoms with Crippen molar-refractivity contribution in [2.45, 2.75) is 39.7 Å². The van der Waals surface area contributed by atoms with E-state index in [-0.39, 0.29) is 17.9 Å². The Morgan fingerprint density at radius 1 is 1.03 bits per heavy atom. The average Bonchev–Trinajstić information content (AvgIpc) is 2.79. The van der Waals surface area contributed by atoms with Crippen LogP contribution in [0.4, 0.5) is 5.69 Å². The molecule has 2 atom stereocenters. The summed E-state index contributed by atoms with van der Waals surface area (Å²) in [5.74, 6) is 1.25. The van der Waals surface area contributed by atoms with Gasteiger partial charge in [-0.25, -0.2) is 0 Å². The second kappa shape index (κ2) is 11.5. The summed E-state index contributed by atoms with van der Waals surface area (Å²) in [5, 5.41) is 1.33. The van der Waals surface area contributed by atoms with Crippen molar-refractivity contribution in [3.05, 3.63) is 57.6 Å². The minimum absolute atomic E-state index is 0.0623. The number of hydrogen-bond donors (Lipinski definition) is 1. The average molecular weight is 492 g/mol. The van der Waals surface area contributed by atoms with Crippen LogP contribution in [0.15, 0.2) is 36.4 Å². The largest absolute Gasteiger partial charge is 0.496 e. The number of nitrogens with zero attached hydrogens (tertiary/aromatic N) is 2. The maximum Gasteiger partial charge on any atom is 0.225 e. The first-order valence-corrected chi connectivity index (χ1v) is 12.4. The highest BCUT2D eigenvalue weighted by atomic mass is 35.5. The zero-order valence-corrected chi connectivity index (χ0v) is 21.5. The number of hydrogen-bond acceptors (Lipinski definition) is 4. The monoisotopic (exact) mass is 491 g/mol. The van der Waals surface area contributed by atoms with Crippen molar-refractivity contribution in [3.8, 4) is 5.75 Å². The van der Waals surface area contributed by atoms with Crippen LogP contribution in [-0.2, 0) is 11.2 Å². The molecule has 1 heterocycles. The first kappa shape index (κ1) is 25.7. The molecular formula is C26H35Cl2N3O2. The molecule has 2 aromatic carbocycles. The molecule has 1 amide bonds. The fraction of sp³-hybridized carbons (Fsp3) is 0.500. The van der Waals surface area contributed by atoms with E-state index in [9.17, 15) is 4.79 Å². The van der Waals surface area contributed by atoms with Crippen molar-refractivity contribution in [1.82, 2.24) is 4.90 Å². The molecule has 33 heavy (non-hydrogen) atoms. The van der Waals surface area contributed by atoms with Gasteiger partial charge < -0.3 is 20.3 Å². The van der Waals surface area contributed by atoms with Crippen molar-refractivity contribution in [3.63, 3.8) is 0 Å². The zero-order chi connectivity index (χ0) is 24.1. The Balaban J connectivity index is 1.65. The van der Waals surface area contributed by atoms with E-state index >= 15 is 0 Å². The number of halogens is 2. The van der Waals surface area contributed by atoms with E-state index in [2.05, 4.69) is 24.8 Å². The molecule has 2 N–H and O–H groups in total. The zero-order valence-electron chi connectivity index (χ0n) is 20.0. The molecule has 7 heteroatoms. The van der Waals surface area contributed by atoms with Gasteiger partial charge in [0, 0.05) is 53.9 Å². The van der Waals surface area contributed by atoms with E-state index in [1.807, 2.05) is 36.1 Å². The molecule has 1 aliphatic rings. The van der Waals surface area contributed by atoms with Crippen LogP contribution in [0.25, 0.3) is 0 Å². The van der Waals surface area contributed by atoms with Crippen molar-refractivity contribution < 1.29 is 9.53 Å². The van der Waals surface area contributed by atoms with Gasteiger partial charge in [0.1, 0.15) is 5.75 Å². The maximum atomic E-state index is 13.2. The lowest BCUT2D eigenvalue weighted by atomic mass is 9.95. The van der Waals surface area contributed by atoms with E-state index in [0.29, 0.717) is 35.5 Å². The summed E-state index contributed by atoms with van der Waals surface area (Å²) in [6, 6.07) is 11.5. The number of benzene rings is 2. The highest BCUT2D eigenvalue weighted by molar-refractivity contribution is 6.31. The van der Waals surface area contributed by atoms with Crippen LogP contribution in [-0.4, -0.2) is 44.1 Å².